The quantitative estimate of drug-likeness (QED) is 0.746. The molecule has 0 atom stereocenters. The van der Waals surface area contributed by atoms with E-state index < -0.39 is 0 Å². The second-order valence-electron chi connectivity index (χ2n) is 5.22. The first-order chi connectivity index (χ1) is 10.3. The summed E-state index contributed by atoms with van der Waals surface area (Å²) < 4.78 is 12.2. The van der Waals surface area contributed by atoms with Crippen LogP contribution in [0.15, 0.2) is 30.6 Å². The first kappa shape index (κ1) is 12.4. The van der Waals surface area contributed by atoms with Gasteiger partial charge in [-0.1, -0.05) is 0 Å². The summed E-state index contributed by atoms with van der Waals surface area (Å²) in [6.07, 6.45) is 4.61. The van der Waals surface area contributed by atoms with Gasteiger partial charge in [-0.2, -0.15) is 4.68 Å². The maximum atomic E-state index is 12.3. The Balaban J connectivity index is 1.66. The van der Waals surface area contributed by atoms with E-state index in [1.54, 1.807) is 12.4 Å². The van der Waals surface area contributed by atoms with Crippen molar-refractivity contribution in [2.45, 2.75) is 18.9 Å². The summed E-state index contributed by atoms with van der Waals surface area (Å²) in [6.45, 7) is 1.29. The van der Waals surface area contributed by atoms with Crippen LogP contribution < -0.4 is 0 Å². The van der Waals surface area contributed by atoms with Crippen molar-refractivity contribution < 1.29 is 14.3 Å². The molecule has 2 aromatic heterocycles. The summed E-state index contributed by atoms with van der Waals surface area (Å²) in [5, 5.41) is 4.90. The number of hydrogen-bond donors (Lipinski definition) is 1. The van der Waals surface area contributed by atoms with Gasteiger partial charge in [-0.25, -0.2) is 4.79 Å². The van der Waals surface area contributed by atoms with Crippen LogP contribution in [0.2, 0.25) is 0 Å². The lowest BCUT2D eigenvalue weighted by Crippen LogP contribution is -2.28. The number of carbonyl (C=O) groups excluding carboxylic acids is 1. The SMILES string of the molecule is O=C(OC1CCOCC1)n1[nH]cc2cc3nccc3cc21. The molecular weight excluding hydrogens is 270 g/mol. The minimum atomic E-state index is -0.379. The normalized spacial score (nSPS) is 16.6. The first-order valence-electron chi connectivity index (χ1n) is 7.04. The van der Waals surface area contributed by atoms with Crippen molar-refractivity contribution in [2.75, 3.05) is 13.2 Å². The molecule has 21 heavy (non-hydrogen) atoms. The standard InChI is InChI=1S/C15H15N3O3/c19-15(21-12-2-5-20-6-3-12)18-14-8-10-1-4-16-13(10)7-11(14)9-17-18/h1,4,7-9,12,17H,2-3,5-6H2. The van der Waals surface area contributed by atoms with Gasteiger partial charge in [0.2, 0.25) is 0 Å². The van der Waals surface area contributed by atoms with Crippen LogP contribution in [0.1, 0.15) is 12.8 Å². The molecule has 1 aliphatic heterocycles. The largest absolute Gasteiger partial charge is 0.444 e. The molecule has 1 aliphatic rings. The minimum absolute atomic E-state index is 0.0681. The number of aromatic amines is 1. The van der Waals surface area contributed by atoms with Crippen molar-refractivity contribution in [3.63, 3.8) is 0 Å². The van der Waals surface area contributed by atoms with Gasteiger partial charge in [0, 0.05) is 36.0 Å². The van der Waals surface area contributed by atoms with Crippen LogP contribution in [0, 0.1) is 0 Å². The Bertz CT molecular complexity index is 799. The van der Waals surface area contributed by atoms with E-state index in [0.717, 1.165) is 34.6 Å². The molecule has 0 bridgehead atoms. The van der Waals surface area contributed by atoms with Crippen LogP contribution in [-0.2, 0) is 9.47 Å². The van der Waals surface area contributed by atoms with E-state index in [-0.39, 0.29) is 12.2 Å². The number of nitrogens with zero attached hydrogens (tertiary/aromatic N) is 2. The topological polar surface area (TPSA) is 69.1 Å². The van der Waals surface area contributed by atoms with Crippen molar-refractivity contribution in [1.82, 2.24) is 14.8 Å². The van der Waals surface area contributed by atoms with Gasteiger partial charge in [0.25, 0.3) is 0 Å². The molecule has 0 aliphatic carbocycles. The number of ether oxygens (including phenoxy) is 2. The average molecular weight is 285 g/mol. The molecule has 6 nitrogen and oxygen atoms in total. The minimum Gasteiger partial charge on any atom is -0.444 e. The molecule has 0 saturated carbocycles. The molecule has 108 valence electrons. The molecule has 1 saturated heterocycles. The number of fused-ring (bicyclic) bond motifs is 2. The van der Waals surface area contributed by atoms with Crippen LogP contribution in [0.3, 0.4) is 0 Å². The van der Waals surface area contributed by atoms with Crippen LogP contribution in [0.4, 0.5) is 4.79 Å². The summed E-state index contributed by atoms with van der Waals surface area (Å²) in [5.74, 6) is 0. The van der Waals surface area contributed by atoms with Crippen LogP contribution in [0.25, 0.3) is 21.8 Å². The lowest BCUT2D eigenvalue weighted by atomic mass is 10.2. The second-order valence-corrected chi connectivity index (χ2v) is 5.22. The highest BCUT2D eigenvalue weighted by molar-refractivity contribution is 5.97. The summed E-state index contributed by atoms with van der Waals surface area (Å²) in [6, 6.07) is 5.83. The zero-order valence-electron chi connectivity index (χ0n) is 11.4. The lowest BCUT2D eigenvalue weighted by Gasteiger charge is -2.22. The summed E-state index contributed by atoms with van der Waals surface area (Å²) in [4.78, 5) is 16.6. The summed E-state index contributed by atoms with van der Waals surface area (Å²) in [5.41, 5.74) is 1.72. The fourth-order valence-corrected chi connectivity index (χ4v) is 2.71. The first-order valence-corrected chi connectivity index (χ1v) is 7.04. The third kappa shape index (κ3) is 2.17. The van der Waals surface area contributed by atoms with Gasteiger partial charge in [0.1, 0.15) is 6.10 Å². The Morgan fingerprint density at radius 2 is 2.19 bits per heavy atom. The maximum Gasteiger partial charge on any atom is 0.433 e. The highest BCUT2D eigenvalue weighted by Crippen LogP contribution is 2.22. The number of benzene rings is 1. The molecule has 6 heteroatoms. The number of H-pyrrole nitrogens is 1. The molecule has 3 heterocycles. The van der Waals surface area contributed by atoms with Crippen LogP contribution in [-0.4, -0.2) is 40.2 Å². The highest BCUT2D eigenvalue weighted by Gasteiger charge is 2.20. The Hall–Kier alpha value is -2.34. The fourth-order valence-electron chi connectivity index (χ4n) is 2.71. The van der Waals surface area contributed by atoms with Gasteiger partial charge < -0.3 is 9.47 Å². The second kappa shape index (κ2) is 4.89. The average Bonchev–Trinajstić information content (AvgIpc) is 3.11. The molecule has 0 unspecified atom stereocenters. The number of carbonyl (C=O) groups is 1. The molecule has 0 amide bonds. The van der Waals surface area contributed by atoms with E-state index in [1.807, 2.05) is 18.2 Å². The third-order valence-corrected chi connectivity index (χ3v) is 3.85. The van der Waals surface area contributed by atoms with Crippen LogP contribution in [0.5, 0.6) is 0 Å². The molecule has 1 fully saturated rings. The van der Waals surface area contributed by atoms with Crippen molar-refractivity contribution in [1.29, 1.82) is 0 Å². The monoisotopic (exact) mass is 285 g/mol. The fraction of sp³-hybridized carbons (Fsp3) is 0.333. The Morgan fingerprint density at radius 1 is 1.33 bits per heavy atom. The highest BCUT2D eigenvalue weighted by atomic mass is 16.6. The van der Waals surface area contributed by atoms with E-state index >= 15 is 0 Å². The van der Waals surface area contributed by atoms with Gasteiger partial charge in [0.15, 0.2) is 0 Å². The van der Waals surface area contributed by atoms with E-state index in [9.17, 15) is 4.79 Å². The Morgan fingerprint density at radius 3 is 3.05 bits per heavy atom. The predicted molar refractivity (Wildman–Crippen MR) is 77.3 cm³/mol. The van der Waals surface area contributed by atoms with Crippen molar-refractivity contribution in [3.8, 4) is 0 Å². The predicted octanol–water partition coefficient (Wildman–Crippen LogP) is 2.68. The summed E-state index contributed by atoms with van der Waals surface area (Å²) >= 11 is 0. The third-order valence-electron chi connectivity index (χ3n) is 3.85. The van der Waals surface area contributed by atoms with Crippen molar-refractivity contribution >= 4 is 27.9 Å². The number of aromatic nitrogens is 3. The van der Waals surface area contributed by atoms with Gasteiger partial charge in [-0.15, -0.1) is 0 Å². The molecule has 0 spiro atoms. The van der Waals surface area contributed by atoms with E-state index in [1.165, 1.54) is 4.68 Å². The van der Waals surface area contributed by atoms with Crippen molar-refractivity contribution in [3.05, 3.63) is 30.6 Å². The van der Waals surface area contributed by atoms with Gasteiger partial charge >= 0.3 is 6.09 Å². The smallest absolute Gasteiger partial charge is 0.433 e. The number of nitrogens with one attached hydrogen (secondary N) is 1. The molecule has 1 N–H and O–H groups in total. The van der Waals surface area contributed by atoms with E-state index in [4.69, 9.17) is 9.47 Å². The number of rotatable bonds is 1. The lowest BCUT2D eigenvalue weighted by molar-refractivity contribution is 0.00147. The van der Waals surface area contributed by atoms with Crippen LogP contribution >= 0.6 is 0 Å². The molecule has 4 rings (SSSR count). The zero-order valence-corrected chi connectivity index (χ0v) is 11.4. The van der Waals surface area contributed by atoms with E-state index in [2.05, 4.69) is 10.1 Å². The zero-order chi connectivity index (χ0) is 14.2. The molecule has 0 radical (unpaired) electrons. The number of hydrogen-bond acceptors (Lipinski definition) is 4. The van der Waals surface area contributed by atoms with Gasteiger partial charge in [-0.05, 0) is 18.2 Å². The molecule has 3 aromatic rings. The molecule has 1 aromatic carbocycles. The Kier molecular flexibility index (Phi) is 2.89. The molecular formula is C15H15N3O3. The van der Waals surface area contributed by atoms with Crippen molar-refractivity contribution in [2.24, 2.45) is 0 Å². The van der Waals surface area contributed by atoms with Gasteiger partial charge in [-0.3, -0.25) is 10.1 Å². The van der Waals surface area contributed by atoms with Gasteiger partial charge in [0.05, 0.1) is 24.2 Å². The maximum absolute atomic E-state index is 12.3. The van der Waals surface area contributed by atoms with E-state index in [0.29, 0.717) is 13.2 Å². The Labute approximate surface area is 120 Å². The summed E-state index contributed by atoms with van der Waals surface area (Å²) in [7, 11) is 0.